The van der Waals surface area contributed by atoms with Crippen molar-refractivity contribution >= 4 is 46.4 Å². The number of alkyl halides is 3. The molecule has 2 N–H and O–H groups in total. The molecule has 0 bridgehead atoms. The van der Waals surface area contributed by atoms with Crippen molar-refractivity contribution in [3.8, 4) is 0 Å². The molecule has 0 aliphatic carbocycles. The van der Waals surface area contributed by atoms with Crippen LogP contribution in [0.15, 0.2) is 12.1 Å². The molecule has 1 unspecified atom stereocenters. The first-order chi connectivity index (χ1) is 9.91. The number of nitrogens with zero attached hydrogens (tertiary/aromatic N) is 1. The minimum absolute atomic E-state index is 0. The lowest BCUT2D eigenvalue weighted by molar-refractivity contribution is -0.137. The van der Waals surface area contributed by atoms with Crippen LogP contribution in [0.1, 0.15) is 36.9 Å². The second-order valence-electron chi connectivity index (χ2n) is 5.26. The Morgan fingerprint density at radius 2 is 2.04 bits per heavy atom. The van der Waals surface area contributed by atoms with E-state index in [1.807, 2.05) is 11.5 Å². The molecular formula is C14H18Cl2F3N3S. The number of hydrogen-bond acceptors (Lipinski definition) is 3. The second kappa shape index (κ2) is 7.42. The lowest BCUT2D eigenvalue weighted by Gasteiger charge is -2.26. The van der Waals surface area contributed by atoms with E-state index in [4.69, 9.17) is 5.41 Å². The maximum atomic E-state index is 13.1. The van der Waals surface area contributed by atoms with Crippen molar-refractivity contribution in [1.82, 2.24) is 9.88 Å². The highest BCUT2D eigenvalue weighted by Gasteiger charge is 2.34. The highest BCUT2D eigenvalue weighted by molar-refractivity contribution is 7.16. The Hall–Kier alpha value is -0.760. The highest BCUT2D eigenvalue weighted by Crippen LogP contribution is 2.38. The van der Waals surface area contributed by atoms with E-state index in [9.17, 15) is 13.2 Å². The second-order valence-corrected chi connectivity index (χ2v) is 6.29. The van der Waals surface area contributed by atoms with Crippen molar-refractivity contribution in [2.45, 2.75) is 38.5 Å². The van der Waals surface area contributed by atoms with Gasteiger partial charge in [-0.3, -0.25) is 5.41 Å². The van der Waals surface area contributed by atoms with Gasteiger partial charge in [-0.1, -0.05) is 18.3 Å². The molecule has 1 aromatic heterocycles. The summed E-state index contributed by atoms with van der Waals surface area (Å²) in [6, 6.07) is 2.35. The summed E-state index contributed by atoms with van der Waals surface area (Å²) < 4.78 is 41.6. The van der Waals surface area contributed by atoms with Crippen LogP contribution in [0.2, 0.25) is 0 Å². The fourth-order valence-electron chi connectivity index (χ4n) is 2.84. The number of thiazole rings is 1. The Balaban J connectivity index is 0.00000132. The first-order valence-electron chi connectivity index (χ1n) is 6.94. The van der Waals surface area contributed by atoms with Gasteiger partial charge in [0, 0.05) is 12.6 Å². The fraction of sp³-hybridized carbons (Fsp3) is 0.500. The number of rotatable bonds is 3. The summed E-state index contributed by atoms with van der Waals surface area (Å²) in [6.07, 6.45) is -2.70. The van der Waals surface area contributed by atoms with Gasteiger partial charge in [-0.05, 0) is 37.1 Å². The molecule has 1 aromatic carbocycles. The molecule has 0 spiro atoms. The molecule has 1 aliphatic rings. The van der Waals surface area contributed by atoms with Gasteiger partial charge in [-0.25, -0.2) is 0 Å². The molecule has 3 rings (SSSR count). The molecule has 0 amide bonds. The Morgan fingerprint density at radius 3 is 2.65 bits per heavy atom. The zero-order valence-electron chi connectivity index (χ0n) is 12.4. The van der Waals surface area contributed by atoms with E-state index in [0.29, 0.717) is 21.6 Å². The first-order valence-corrected chi connectivity index (χ1v) is 7.76. The third-order valence-corrected chi connectivity index (χ3v) is 4.76. The molecule has 0 saturated heterocycles. The van der Waals surface area contributed by atoms with Gasteiger partial charge in [-0.2, -0.15) is 13.2 Å². The van der Waals surface area contributed by atoms with Crippen LogP contribution in [0.3, 0.4) is 0 Å². The lowest BCUT2D eigenvalue weighted by Crippen LogP contribution is -2.29. The summed E-state index contributed by atoms with van der Waals surface area (Å²) in [5.41, 5.74) is 0.843. The fourth-order valence-corrected chi connectivity index (χ4v) is 3.86. The quantitative estimate of drug-likeness (QED) is 0.800. The Morgan fingerprint density at radius 1 is 1.35 bits per heavy atom. The molecule has 1 atom stereocenters. The van der Waals surface area contributed by atoms with Gasteiger partial charge in [0.25, 0.3) is 0 Å². The van der Waals surface area contributed by atoms with E-state index in [0.717, 1.165) is 36.2 Å². The maximum Gasteiger partial charge on any atom is 0.416 e. The lowest BCUT2D eigenvalue weighted by atomic mass is 9.96. The Labute approximate surface area is 148 Å². The number of halogens is 5. The summed E-state index contributed by atoms with van der Waals surface area (Å²) in [5, 5.41) is 11.3. The van der Waals surface area contributed by atoms with Crippen LogP contribution < -0.4 is 10.1 Å². The van der Waals surface area contributed by atoms with Crippen LogP contribution in [0.5, 0.6) is 0 Å². The third-order valence-electron chi connectivity index (χ3n) is 3.81. The van der Waals surface area contributed by atoms with Crippen LogP contribution in [-0.4, -0.2) is 11.1 Å². The summed E-state index contributed by atoms with van der Waals surface area (Å²) in [6.45, 7) is 3.49. The van der Waals surface area contributed by atoms with E-state index in [1.165, 1.54) is 12.1 Å². The molecule has 130 valence electrons. The number of aryl methyl sites for hydroxylation is 1. The smallest absolute Gasteiger partial charge is 0.317 e. The minimum Gasteiger partial charge on any atom is -0.317 e. The molecule has 2 aromatic rings. The highest BCUT2D eigenvalue weighted by atomic mass is 35.5. The molecule has 0 radical (unpaired) electrons. The molecule has 9 heteroatoms. The predicted octanol–water partition coefficient (Wildman–Crippen LogP) is 4.49. The number of nitrogens with one attached hydrogen (secondary N) is 2. The summed E-state index contributed by atoms with van der Waals surface area (Å²) in [4.78, 5) is 0.319. The minimum atomic E-state index is -4.35. The van der Waals surface area contributed by atoms with E-state index >= 15 is 0 Å². The van der Waals surface area contributed by atoms with Crippen molar-refractivity contribution in [2.75, 3.05) is 6.54 Å². The molecule has 23 heavy (non-hydrogen) atoms. The van der Waals surface area contributed by atoms with Crippen molar-refractivity contribution < 1.29 is 13.2 Å². The Bertz CT molecular complexity index is 739. The van der Waals surface area contributed by atoms with Gasteiger partial charge in [-0.15, -0.1) is 24.8 Å². The average molecular weight is 388 g/mol. The summed E-state index contributed by atoms with van der Waals surface area (Å²) in [7, 11) is 0. The molecule has 1 aliphatic heterocycles. The van der Waals surface area contributed by atoms with Crippen LogP contribution in [0.25, 0.3) is 10.2 Å². The van der Waals surface area contributed by atoms with Crippen LogP contribution >= 0.6 is 36.2 Å². The average Bonchev–Trinajstić information content (AvgIpc) is 2.74. The van der Waals surface area contributed by atoms with E-state index in [-0.39, 0.29) is 30.9 Å². The van der Waals surface area contributed by atoms with Gasteiger partial charge in [0.05, 0.1) is 15.8 Å². The van der Waals surface area contributed by atoms with Gasteiger partial charge in [0.15, 0.2) is 4.80 Å². The standard InChI is InChI=1S/C14H16F3N3S.2ClH/c1-2-4-19-10-3-5-20-12-9(10)6-8(14(15,16)17)7-11(12)21-13(20)18;;/h6-7,10,18-19H,2-5H2,1H3;2*1H. The van der Waals surface area contributed by atoms with Crippen molar-refractivity contribution in [2.24, 2.45) is 0 Å². The number of aromatic nitrogens is 1. The van der Waals surface area contributed by atoms with Crippen LogP contribution in [-0.2, 0) is 12.7 Å². The third kappa shape index (κ3) is 3.68. The molecule has 2 heterocycles. The molecule has 3 nitrogen and oxygen atoms in total. The molecule has 0 fully saturated rings. The van der Waals surface area contributed by atoms with Crippen LogP contribution in [0, 0.1) is 5.41 Å². The van der Waals surface area contributed by atoms with Gasteiger partial charge < -0.3 is 9.88 Å². The first kappa shape index (κ1) is 20.3. The predicted molar refractivity (Wildman–Crippen MR) is 90.8 cm³/mol. The van der Waals surface area contributed by atoms with Crippen LogP contribution in [0.4, 0.5) is 13.2 Å². The topological polar surface area (TPSA) is 40.8 Å². The van der Waals surface area contributed by atoms with Crippen molar-refractivity contribution in [1.29, 1.82) is 5.41 Å². The number of benzene rings is 1. The summed E-state index contributed by atoms with van der Waals surface area (Å²) in [5.74, 6) is 0. The maximum absolute atomic E-state index is 13.1. The molecular weight excluding hydrogens is 370 g/mol. The van der Waals surface area contributed by atoms with Gasteiger partial charge in [0.1, 0.15) is 0 Å². The van der Waals surface area contributed by atoms with Gasteiger partial charge in [0.2, 0.25) is 0 Å². The SMILES string of the molecule is CCCNC1CCn2c(=N)sc3cc(C(F)(F)F)cc1c32.Cl.Cl. The van der Waals surface area contributed by atoms with Crippen molar-refractivity contribution in [3.63, 3.8) is 0 Å². The van der Waals surface area contributed by atoms with E-state index in [1.54, 1.807) is 0 Å². The van der Waals surface area contributed by atoms with E-state index in [2.05, 4.69) is 5.32 Å². The van der Waals surface area contributed by atoms with Crippen molar-refractivity contribution in [3.05, 3.63) is 28.1 Å². The normalized spacial score (nSPS) is 16.8. The number of hydrogen-bond donors (Lipinski definition) is 2. The zero-order valence-corrected chi connectivity index (χ0v) is 14.8. The zero-order chi connectivity index (χ0) is 15.2. The molecule has 0 saturated carbocycles. The Kier molecular flexibility index (Phi) is 6.55. The van der Waals surface area contributed by atoms with Gasteiger partial charge >= 0.3 is 6.18 Å². The largest absolute Gasteiger partial charge is 0.416 e. The summed E-state index contributed by atoms with van der Waals surface area (Å²) >= 11 is 1.12. The van der Waals surface area contributed by atoms with E-state index < -0.39 is 11.7 Å². The monoisotopic (exact) mass is 387 g/mol.